The van der Waals surface area contributed by atoms with Crippen molar-refractivity contribution in [3.05, 3.63) is 54.5 Å². The number of pyridine rings is 1. The summed E-state index contributed by atoms with van der Waals surface area (Å²) in [5, 5.41) is 0.456. The van der Waals surface area contributed by atoms with Gasteiger partial charge in [-0.05, 0) is 56.2 Å². The third-order valence-corrected chi connectivity index (χ3v) is 6.99. The summed E-state index contributed by atoms with van der Waals surface area (Å²) >= 11 is 0. The molecular weight excluding hydrogens is 523 g/mol. The summed E-state index contributed by atoms with van der Waals surface area (Å²) in [7, 11) is -2.20. The maximum Gasteiger partial charge on any atom is 0.232 e. The number of hydrogen-bond donors (Lipinski definition) is 3. The second kappa shape index (κ2) is 13.2. The Morgan fingerprint density at radius 1 is 1.00 bits per heavy atom. The zero-order valence-corrected chi connectivity index (χ0v) is 23.2. The summed E-state index contributed by atoms with van der Waals surface area (Å²) < 4.78 is 52.3. The van der Waals surface area contributed by atoms with Crippen LogP contribution in [0.3, 0.4) is 0 Å². The molecule has 0 radical (unpaired) electrons. The van der Waals surface area contributed by atoms with E-state index in [-0.39, 0.29) is 22.8 Å². The molecule has 0 bridgehead atoms. The first kappa shape index (κ1) is 29.5. The Hall–Kier alpha value is -4.03. The lowest BCUT2D eigenvalue weighted by atomic mass is 10.0. The van der Waals surface area contributed by atoms with Gasteiger partial charge in [-0.3, -0.25) is 4.72 Å². The van der Waals surface area contributed by atoms with Crippen molar-refractivity contribution < 1.29 is 22.3 Å². The van der Waals surface area contributed by atoms with Crippen molar-refractivity contribution >= 4 is 38.2 Å². The van der Waals surface area contributed by atoms with Crippen molar-refractivity contribution in [3.8, 4) is 28.3 Å². The number of nitrogens with zero attached hydrogens (tertiary/aromatic N) is 3. The van der Waals surface area contributed by atoms with Gasteiger partial charge in [0.15, 0.2) is 11.6 Å². The van der Waals surface area contributed by atoms with Crippen LogP contribution in [0, 0.1) is 5.82 Å². The summed E-state index contributed by atoms with van der Waals surface area (Å²) in [6, 6.07) is 11.1. The van der Waals surface area contributed by atoms with Gasteiger partial charge < -0.3 is 20.9 Å². The molecule has 4 rings (SSSR count). The predicted octanol–water partition coefficient (Wildman–Crippen LogP) is 4.87. The van der Waals surface area contributed by atoms with Crippen LogP contribution in [-0.2, 0) is 14.8 Å². The van der Waals surface area contributed by atoms with E-state index in [4.69, 9.17) is 20.9 Å². The predicted molar refractivity (Wildman–Crippen MR) is 153 cm³/mol. The quantitative estimate of drug-likeness (QED) is 0.262. The third kappa shape index (κ3) is 7.30. The number of aromatic nitrogens is 3. The van der Waals surface area contributed by atoms with E-state index in [1.165, 1.54) is 19.4 Å². The molecule has 0 unspecified atom stereocenters. The van der Waals surface area contributed by atoms with Gasteiger partial charge in [0.25, 0.3) is 0 Å². The van der Waals surface area contributed by atoms with Crippen LogP contribution in [0.15, 0.2) is 48.7 Å². The lowest BCUT2D eigenvalue weighted by Gasteiger charge is -2.14. The summed E-state index contributed by atoms with van der Waals surface area (Å²) in [6.07, 6.45) is 1.95. The van der Waals surface area contributed by atoms with E-state index in [2.05, 4.69) is 19.7 Å². The Bertz CT molecular complexity index is 1530. The molecule has 0 aliphatic heterocycles. The number of ether oxygens (including phenoxy) is 2. The Morgan fingerprint density at radius 2 is 1.74 bits per heavy atom. The molecule has 0 saturated heterocycles. The topological polar surface area (TPSA) is 155 Å². The first-order chi connectivity index (χ1) is 18.6. The van der Waals surface area contributed by atoms with Crippen LogP contribution < -0.4 is 20.9 Å². The van der Waals surface area contributed by atoms with Gasteiger partial charge in [0.05, 0.1) is 18.6 Å². The average Bonchev–Trinajstić information content (AvgIpc) is 2.90. The first-order valence-corrected chi connectivity index (χ1v) is 14.0. The van der Waals surface area contributed by atoms with Gasteiger partial charge in [0.2, 0.25) is 10.0 Å². The van der Waals surface area contributed by atoms with Crippen molar-refractivity contribution in [3.63, 3.8) is 0 Å². The van der Waals surface area contributed by atoms with Crippen molar-refractivity contribution in [2.24, 2.45) is 0 Å². The summed E-state index contributed by atoms with van der Waals surface area (Å²) in [5.41, 5.74) is 13.4. The van der Waals surface area contributed by atoms with E-state index in [1.807, 2.05) is 13.8 Å². The number of sulfonamides is 1. The fourth-order valence-corrected chi connectivity index (χ4v) is 4.86. The molecule has 5 N–H and O–H groups in total. The molecule has 4 aromatic rings. The first-order valence-electron chi connectivity index (χ1n) is 12.4. The highest BCUT2D eigenvalue weighted by Gasteiger charge is 2.19. The smallest absolute Gasteiger partial charge is 0.232 e. The normalized spacial score (nSPS) is 11.1. The SMILES string of the molecule is CCCS(=O)(=O)Nc1cccc(-c2cc(OC)c3nc(-c4ccc(N)nc4)nc(N)c3c2)c1F.CCOCC. The van der Waals surface area contributed by atoms with E-state index >= 15 is 4.39 Å². The number of benzene rings is 2. The number of nitrogen functional groups attached to an aromatic ring is 2. The number of nitrogens with two attached hydrogens (primary N) is 2. The number of fused-ring (bicyclic) bond motifs is 1. The maximum absolute atomic E-state index is 15.3. The fraction of sp³-hybridized carbons (Fsp3) is 0.296. The van der Waals surface area contributed by atoms with Gasteiger partial charge >= 0.3 is 0 Å². The minimum absolute atomic E-state index is 0.111. The summed E-state index contributed by atoms with van der Waals surface area (Å²) in [6.45, 7) is 7.40. The Labute approximate surface area is 227 Å². The van der Waals surface area contributed by atoms with Gasteiger partial charge in [-0.15, -0.1) is 0 Å². The number of methoxy groups -OCH3 is 1. The van der Waals surface area contributed by atoms with Gasteiger partial charge in [0.1, 0.15) is 22.9 Å². The Kier molecular flexibility index (Phi) is 9.96. The van der Waals surface area contributed by atoms with Crippen LogP contribution >= 0.6 is 0 Å². The van der Waals surface area contributed by atoms with E-state index in [0.29, 0.717) is 45.8 Å². The van der Waals surface area contributed by atoms with Crippen LogP contribution in [0.2, 0.25) is 0 Å². The minimum atomic E-state index is -3.66. The lowest BCUT2D eigenvalue weighted by Crippen LogP contribution is -2.17. The number of rotatable bonds is 9. The molecule has 0 spiro atoms. The third-order valence-electron chi connectivity index (χ3n) is 5.52. The minimum Gasteiger partial charge on any atom is -0.494 e. The van der Waals surface area contributed by atoms with Crippen molar-refractivity contribution in [2.45, 2.75) is 27.2 Å². The molecule has 2 aromatic carbocycles. The largest absolute Gasteiger partial charge is 0.494 e. The monoisotopic (exact) mass is 556 g/mol. The molecular formula is C27H33FN6O4S. The molecule has 208 valence electrons. The molecule has 0 fully saturated rings. The Morgan fingerprint density at radius 3 is 2.33 bits per heavy atom. The molecule has 39 heavy (non-hydrogen) atoms. The lowest BCUT2D eigenvalue weighted by molar-refractivity contribution is 0.162. The number of anilines is 3. The highest BCUT2D eigenvalue weighted by atomic mass is 32.2. The standard InChI is InChI=1S/C23H23FN6O3S.C4H10O/c1-3-9-34(31,32)30-17-6-4-5-15(20(17)24)14-10-16-21(18(11-14)33-2)28-23(29-22(16)26)13-7-8-19(25)27-12-13;1-3-5-4-2/h4-8,10-12,30H,3,9H2,1-2H3,(H2,25,27)(H2,26,28,29);3-4H2,1-2H3. The van der Waals surface area contributed by atoms with Crippen LogP contribution in [0.4, 0.5) is 21.7 Å². The molecule has 10 nitrogen and oxygen atoms in total. The van der Waals surface area contributed by atoms with Crippen LogP contribution in [0.5, 0.6) is 5.75 Å². The molecule has 2 heterocycles. The van der Waals surface area contributed by atoms with Gasteiger partial charge in [0, 0.05) is 35.9 Å². The van der Waals surface area contributed by atoms with Gasteiger partial charge in [-0.2, -0.15) is 0 Å². The van der Waals surface area contributed by atoms with Crippen LogP contribution in [0.25, 0.3) is 33.4 Å². The summed E-state index contributed by atoms with van der Waals surface area (Å²) in [4.78, 5) is 13.0. The maximum atomic E-state index is 15.3. The highest BCUT2D eigenvalue weighted by Crippen LogP contribution is 2.37. The number of nitrogens with one attached hydrogen (secondary N) is 1. The highest BCUT2D eigenvalue weighted by molar-refractivity contribution is 7.92. The van der Waals surface area contributed by atoms with Gasteiger partial charge in [-0.25, -0.2) is 27.8 Å². The van der Waals surface area contributed by atoms with Crippen LogP contribution in [0.1, 0.15) is 27.2 Å². The number of hydrogen-bond acceptors (Lipinski definition) is 9. The van der Waals surface area contributed by atoms with Crippen molar-refractivity contribution in [1.82, 2.24) is 15.0 Å². The average molecular weight is 557 g/mol. The van der Waals surface area contributed by atoms with Crippen molar-refractivity contribution in [1.29, 1.82) is 0 Å². The van der Waals surface area contributed by atoms with E-state index < -0.39 is 15.8 Å². The fourth-order valence-electron chi connectivity index (χ4n) is 3.73. The molecule has 0 atom stereocenters. The molecule has 12 heteroatoms. The second-order valence-electron chi connectivity index (χ2n) is 8.35. The molecule has 0 saturated carbocycles. The zero-order chi connectivity index (χ0) is 28.6. The van der Waals surface area contributed by atoms with Gasteiger partial charge in [-0.1, -0.05) is 19.1 Å². The number of halogens is 1. The van der Waals surface area contributed by atoms with E-state index in [0.717, 1.165) is 13.2 Å². The Balaban J connectivity index is 0.000000771. The van der Waals surface area contributed by atoms with Crippen molar-refractivity contribution in [2.75, 3.05) is 42.3 Å². The molecule has 0 amide bonds. The van der Waals surface area contributed by atoms with Crippen LogP contribution in [-0.4, -0.2) is 49.4 Å². The van der Waals surface area contributed by atoms with E-state index in [9.17, 15) is 8.42 Å². The zero-order valence-electron chi connectivity index (χ0n) is 22.4. The van der Waals surface area contributed by atoms with E-state index in [1.54, 1.807) is 43.3 Å². The second-order valence-corrected chi connectivity index (χ2v) is 10.2. The molecule has 2 aromatic heterocycles. The molecule has 0 aliphatic carbocycles. The molecule has 0 aliphatic rings. The summed E-state index contributed by atoms with van der Waals surface area (Å²) in [5.74, 6) is 0.385.